The molecular formula is C21H36Si. The minimum Gasteiger partial charge on any atom is -0.103 e. The van der Waals surface area contributed by atoms with Gasteiger partial charge in [0.05, 0.1) is 8.07 Å². The molecule has 0 heterocycles. The summed E-state index contributed by atoms with van der Waals surface area (Å²) >= 11 is 0. The van der Waals surface area contributed by atoms with Crippen LogP contribution in [0.2, 0.25) is 18.1 Å². The van der Waals surface area contributed by atoms with Crippen molar-refractivity contribution in [3.05, 3.63) is 43.0 Å². The molecule has 1 rings (SSSR count). The van der Waals surface area contributed by atoms with Gasteiger partial charge in [-0.1, -0.05) is 119 Å². The van der Waals surface area contributed by atoms with Crippen LogP contribution in [0, 0.1) is 0 Å². The second-order valence-corrected chi connectivity index (χ2v) is 11.3. The van der Waals surface area contributed by atoms with Crippen molar-refractivity contribution in [1.82, 2.24) is 0 Å². The Balaban J connectivity index is 2.80. The van der Waals surface area contributed by atoms with Crippen molar-refractivity contribution >= 4 is 13.3 Å². The Morgan fingerprint density at radius 1 is 0.818 bits per heavy atom. The highest BCUT2D eigenvalue weighted by Crippen LogP contribution is 2.27. The van der Waals surface area contributed by atoms with E-state index in [1.807, 2.05) is 0 Å². The molecule has 1 aromatic carbocycles. The first kappa shape index (κ1) is 19.2. The van der Waals surface area contributed by atoms with E-state index in [2.05, 4.69) is 56.8 Å². The van der Waals surface area contributed by atoms with Gasteiger partial charge in [0.25, 0.3) is 0 Å². The highest BCUT2D eigenvalue weighted by Gasteiger charge is 2.32. The van der Waals surface area contributed by atoms with E-state index in [9.17, 15) is 0 Å². The zero-order chi connectivity index (χ0) is 16.1. The fourth-order valence-electron chi connectivity index (χ4n) is 3.58. The van der Waals surface area contributed by atoms with Crippen molar-refractivity contribution in [3.8, 4) is 0 Å². The molecule has 1 heteroatoms. The predicted octanol–water partition coefficient (Wildman–Crippen LogP) is 6.69. The summed E-state index contributed by atoms with van der Waals surface area (Å²) in [4.78, 5) is 0. The van der Waals surface area contributed by atoms with Gasteiger partial charge < -0.3 is 0 Å². The maximum absolute atomic E-state index is 4.09. The maximum atomic E-state index is 4.09. The number of unbranched alkanes of at least 4 members (excludes halogenated alkanes) is 6. The van der Waals surface area contributed by atoms with E-state index in [-0.39, 0.29) is 0 Å². The van der Waals surface area contributed by atoms with Crippen LogP contribution in [0.1, 0.15) is 65.2 Å². The first-order valence-corrected chi connectivity index (χ1v) is 12.1. The van der Waals surface area contributed by atoms with Gasteiger partial charge in [0.15, 0.2) is 0 Å². The van der Waals surface area contributed by atoms with Crippen LogP contribution in [0.3, 0.4) is 0 Å². The third-order valence-electron chi connectivity index (χ3n) is 4.94. The second kappa shape index (κ2) is 11.7. The van der Waals surface area contributed by atoms with Gasteiger partial charge in [-0.3, -0.25) is 0 Å². The number of allylic oxidation sites excluding steroid dienone is 1. The van der Waals surface area contributed by atoms with Crippen LogP contribution in [0.15, 0.2) is 43.0 Å². The summed E-state index contributed by atoms with van der Waals surface area (Å²) in [5.74, 6) is 0. The molecule has 0 saturated carbocycles. The van der Waals surface area contributed by atoms with Crippen LogP contribution in [-0.2, 0) is 0 Å². The van der Waals surface area contributed by atoms with Gasteiger partial charge >= 0.3 is 0 Å². The molecule has 0 saturated heterocycles. The molecule has 22 heavy (non-hydrogen) atoms. The molecule has 0 radical (unpaired) electrons. The van der Waals surface area contributed by atoms with E-state index in [4.69, 9.17) is 0 Å². The van der Waals surface area contributed by atoms with E-state index in [1.54, 1.807) is 5.19 Å². The molecule has 0 aliphatic rings. The number of rotatable bonds is 13. The number of hydrogen-bond donors (Lipinski definition) is 0. The van der Waals surface area contributed by atoms with Crippen LogP contribution >= 0.6 is 0 Å². The van der Waals surface area contributed by atoms with E-state index in [0.717, 1.165) is 0 Å². The Kier molecular flexibility index (Phi) is 10.2. The Morgan fingerprint density at radius 2 is 1.36 bits per heavy atom. The summed E-state index contributed by atoms with van der Waals surface area (Å²) in [5.41, 5.74) is 0. The molecule has 0 amide bonds. The maximum Gasteiger partial charge on any atom is 0.0903 e. The molecular weight excluding hydrogens is 280 g/mol. The minimum absolute atomic E-state index is 1.26. The lowest BCUT2D eigenvalue weighted by atomic mass is 10.2. The zero-order valence-corrected chi connectivity index (χ0v) is 15.9. The van der Waals surface area contributed by atoms with Gasteiger partial charge in [-0.15, -0.1) is 6.58 Å². The van der Waals surface area contributed by atoms with Crippen molar-refractivity contribution in [3.63, 3.8) is 0 Å². The first-order valence-electron chi connectivity index (χ1n) is 9.45. The molecule has 0 unspecified atom stereocenters. The third kappa shape index (κ3) is 6.52. The number of benzene rings is 1. The molecule has 0 atom stereocenters. The van der Waals surface area contributed by atoms with Gasteiger partial charge in [-0.25, -0.2) is 0 Å². The lowest BCUT2D eigenvalue weighted by Crippen LogP contribution is -2.47. The average molecular weight is 317 g/mol. The highest BCUT2D eigenvalue weighted by atomic mass is 28.3. The summed E-state index contributed by atoms with van der Waals surface area (Å²) in [6.45, 7) is 8.70. The van der Waals surface area contributed by atoms with Crippen LogP contribution in [0.5, 0.6) is 0 Å². The Bertz CT molecular complexity index is 370. The van der Waals surface area contributed by atoms with Crippen LogP contribution in [0.25, 0.3) is 0 Å². The fourth-order valence-corrected chi connectivity index (χ4v) is 8.36. The minimum atomic E-state index is -1.39. The molecule has 0 nitrogen and oxygen atoms in total. The quantitative estimate of drug-likeness (QED) is 0.216. The van der Waals surface area contributed by atoms with Gasteiger partial charge in [0.2, 0.25) is 0 Å². The zero-order valence-electron chi connectivity index (χ0n) is 14.9. The summed E-state index contributed by atoms with van der Waals surface area (Å²) in [7, 11) is -1.39. The number of hydrogen-bond acceptors (Lipinski definition) is 0. The first-order chi connectivity index (χ1) is 10.8. The second-order valence-electron chi connectivity index (χ2n) is 6.76. The van der Waals surface area contributed by atoms with Crippen LogP contribution < -0.4 is 5.19 Å². The standard InChI is InChI=1S/C21H36Si/c1-4-7-9-14-19-22(18-6-3,20-15-10-8-5-2)21-16-12-11-13-17-21/h6,11-13,16-17H,3-5,7-10,14-15,18-20H2,1-2H3. The van der Waals surface area contributed by atoms with E-state index in [1.165, 1.54) is 69.5 Å². The summed E-state index contributed by atoms with van der Waals surface area (Å²) in [6, 6.07) is 15.6. The van der Waals surface area contributed by atoms with E-state index in [0.29, 0.717) is 0 Å². The Labute approximate surface area is 140 Å². The topological polar surface area (TPSA) is 0 Å². The van der Waals surface area contributed by atoms with Gasteiger partial charge in [-0.2, -0.15) is 0 Å². The molecule has 0 N–H and O–H groups in total. The SMILES string of the molecule is C=CC[Si](CCCCCC)(CCCCCC)c1ccccc1. The monoisotopic (exact) mass is 316 g/mol. The van der Waals surface area contributed by atoms with Crippen LogP contribution in [0.4, 0.5) is 0 Å². The summed E-state index contributed by atoms with van der Waals surface area (Å²) < 4.78 is 0. The lowest BCUT2D eigenvalue weighted by molar-refractivity contribution is 0.682. The molecule has 0 fully saturated rings. The molecule has 0 aromatic heterocycles. The summed E-state index contributed by atoms with van der Waals surface area (Å²) in [5, 5.41) is 1.67. The Hall–Kier alpha value is -0.823. The highest BCUT2D eigenvalue weighted by molar-refractivity contribution is 6.92. The van der Waals surface area contributed by atoms with Crippen LogP contribution in [-0.4, -0.2) is 8.07 Å². The smallest absolute Gasteiger partial charge is 0.0903 e. The molecule has 0 aliphatic heterocycles. The molecule has 0 spiro atoms. The molecule has 124 valence electrons. The molecule has 1 aromatic rings. The summed E-state index contributed by atoms with van der Waals surface area (Å²) in [6.07, 6.45) is 13.3. The fraction of sp³-hybridized carbons (Fsp3) is 0.619. The van der Waals surface area contributed by atoms with Gasteiger partial charge in [0, 0.05) is 0 Å². The van der Waals surface area contributed by atoms with E-state index < -0.39 is 8.07 Å². The molecule has 0 aliphatic carbocycles. The van der Waals surface area contributed by atoms with Crippen molar-refractivity contribution in [1.29, 1.82) is 0 Å². The normalized spacial score (nSPS) is 11.5. The lowest BCUT2D eigenvalue weighted by Gasteiger charge is -2.32. The molecule has 0 bridgehead atoms. The third-order valence-corrected chi connectivity index (χ3v) is 10.2. The predicted molar refractivity (Wildman–Crippen MR) is 105 cm³/mol. The largest absolute Gasteiger partial charge is 0.103 e. The van der Waals surface area contributed by atoms with Gasteiger partial charge in [-0.05, 0) is 6.04 Å². The van der Waals surface area contributed by atoms with Crippen molar-refractivity contribution < 1.29 is 0 Å². The van der Waals surface area contributed by atoms with Crippen molar-refractivity contribution in [2.75, 3.05) is 0 Å². The average Bonchev–Trinajstić information content (AvgIpc) is 2.56. The van der Waals surface area contributed by atoms with E-state index >= 15 is 0 Å². The van der Waals surface area contributed by atoms with Crippen molar-refractivity contribution in [2.24, 2.45) is 0 Å². The van der Waals surface area contributed by atoms with Crippen molar-refractivity contribution in [2.45, 2.75) is 83.3 Å². The Morgan fingerprint density at radius 3 is 1.82 bits per heavy atom. The van der Waals surface area contributed by atoms with Gasteiger partial charge in [0.1, 0.15) is 0 Å².